The Balaban J connectivity index is 1.54. The predicted octanol–water partition coefficient (Wildman–Crippen LogP) is 4.10. The number of carbonyl (C=O) groups excluding carboxylic acids is 2. The molecular weight excluding hydrogens is 432 g/mol. The van der Waals surface area contributed by atoms with Gasteiger partial charge in [-0.25, -0.2) is 0 Å². The largest absolute Gasteiger partial charge is 0.415 e. The molecule has 1 aromatic carbocycles. The Kier molecular flexibility index (Phi) is 5.91. The van der Waals surface area contributed by atoms with Crippen LogP contribution in [0.5, 0.6) is 0 Å². The van der Waals surface area contributed by atoms with Crippen molar-refractivity contribution in [3.8, 4) is 11.5 Å². The normalized spacial score (nSPS) is 21.2. The molecule has 0 bridgehead atoms. The van der Waals surface area contributed by atoms with E-state index >= 15 is 0 Å². The molecule has 1 unspecified atom stereocenters. The van der Waals surface area contributed by atoms with Crippen molar-refractivity contribution >= 4 is 11.8 Å². The number of nitrogens with one attached hydrogen (secondary N) is 1. The van der Waals surface area contributed by atoms with Gasteiger partial charge in [0.15, 0.2) is 0 Å². The van der Waals surface area contributed by atoms with Gasteiger partial charge in [0.05, 0.1) is 6.04 Å². The van der Waals surface area contributed by atoms with Crippen LogP contribution in [0.3, 0.4) is 0 Å². The van der Waals surface area contributed by atoms with Gasteiger partial charge < -0.3 is 14.6 Å². The molecule has 11 heteroatoms. The highest BCUT2D eigenvalue weighted by Gasteiger charge is 2.42. The van der Waals surface area contributed by atoms with Gasteiger partial charge >= 0.3 is 12.3 Å². The molecule has 1 aliphatic carbocycles. The Morgan fingerprint density at radius 3 is 2.72 bits per heavy atom. The number of aromatic nitrogens is 2. The number of amides is 2. The van der Waals surface area contributed by atoms with Crippen LogP contribution in [-0.2, 0) is 11.3 Å². The van der Waals surface area contributed by atoms with Crippen molar-refractivity contribution in [1.82, 2.24) is 20.4 Å². The Morgan fingerprint density at radius 1 is 1.28 bits per heavy atom. The third-order valence-corrected chi connectivity index (χ3v) is 6.04. The van der Waals surface area contributed by atoms with Crippen molar-refractivity contribution in [3.05, 3.63) is 35.2 Å². The molecule has 32 heavy (non-hydrogen) atoms. The molecule has 2 aliphatic rings. The maximum Gasteiger partial charge on any atom is 0.324 e. The Hall–Kier alpha value is -2.98. The third kappa shape index (κ3) is 4.07. The lowest BCUT2D eigenvalue weighted by molar-refractivity contribution is -0.147. The zero-order valence-electron chi connectivity index (χ0n) is 17.3. The molecule has 7 nitrogen and oxygen atoms in total. The summed E-state index contributed by atoms with van der Waals surface area (Å²) in [6, 6.07) is 3.78. The molecule has 0 radical (unpaired) electrons. The van der Waals surface area contributed by atoms with Crippen LogP contribution in [0.15, 0.2) is 22.6 Å². The maximum absolute atomic E-state index is 13.8. The highest BCUT2D eigenvalue weighted by atomic mass is 19.3. The highest BCUT2D eigenvalue weighted by molar-refractivity contribution is 5.99. The standard InChI is InChI=1S/C21H22F4N4O3/c1-2-21(24,25)20(31)26-14-5-3-4-6-15(14)29-10-12-8-7-11(9-13(12)19(29)30)17-27-28-18(32-17)16(22)23/h7-9,14-16H,2-6,10H2,1H3,(H,26,31)/t14-,15?/m1/s1. The lowest BCUT2D eigenvalue weighted by atomic mass is 9.89. The first-order valence-electron chi connectivity index (χ1n) is 10.5. The van der Waals surface area contributed by atoms with Crippen molar-refractivity contribution in [2.45, 2.75) is 70.0 Å². The SMILES string of the molecule is CCC(F)(F)C(=O)N[C@@H]1CCCCC1N1Cc2ccc(-c3nnc(C(F)F)o3)cc2C1=O. The van der Waals surface area contributed by atoms with Crippen molar-refractivity contribution in [2.75, 3.05) is 0 Å². The number of hydrogen-bond acceptors (Lipinski definition) is 5. The van der Waals surface area contributed by atoms with Gasteiger partial charge in [-0.1, -0.05) is 25.8 Å². The summed E-state index contributed by atoms with van der Waals surface area (Å²) in [7, 11) is 0. The second kappa shape index (κ2) is 8.51. The van der Waals surface area contributed by atoms with Crippen LogP contribution in [-0.4, -0.2) is 44.9 Å². The monoisotopic (exact) mass is 454 g/mol. The summed E-state index contributed by atoms with van der Waals surface area (Å²) < 4.78 is 58.0. The average Bonchev–Trinajstić information content (AvgIpc) is 3.39. The van der Waals surface area contributed by atoms with E-state index in [1.165, 1.54) is 13.0 Å². The van der Waals surface area contributed by atoms with Crippen LogP contribution < -0.4 is 5.32 Å². The minimum atomic E-state index is -3.46. The van der Waals surface area contributed by atoms with Crippen LogP contribution >= 0.6 is 0 Å². The van der Waals surface area contributed by atoms with Gasteiger partial charge in [-0.05, 0) is 30.5 Å². The van der Waals surface area contributed by atoms with Crippen LogP contribution in [0.2, 0.25) is 0 Å². The van der Waals surface area contributed by atoms with Gasteiger partial charge in [0.25, 0.3) is 17.7 Å². The van der Waals surface area contributed by atoms with E-state index in [1.807, 2.05) is 0 Å². The number of fused-ring (bicyclic) bond motifs is 1. The summed E-state index contributed by atoms with van der Waals surface area (Å²) >= 11 is 0. The first-order chi connectivity index (χ1) is 15.2. The van der Waals surface area contributed by atoms with E-state index in [2.05, 4.69) is 15.5 Å². The number of rotatable bonds is 6. The fourth-order valence-electron chi connectivity index (χ4n) is 4.25. The van der Waals surface area contributed by atoms with E-state index in [0.29, 0.717) is 29.5 Å². The average molecular weight is 454 g/mol. The smallest absolute Gasteiger partial charge is 0.324 e. The van der Waals surface area contributed by atoms with Gasteiger partial charge in [0.2, 0.25) is 5.89 Å². The van der Waals surface area contributed by atoms with Gasteiger partial charge in [-0.3, -0.25) is 9.59 Å². The zero-order valence-corrected chi connectivity index (χ0v) is 17.3. The van der Waals surface area contributed by atoms with Crippen molar-refractivity contribution in [3.63, 3.8) is 0 Å². The number of benzene rings is 1. The van der Waals surface area contributed by atoms with Crippen molar-refractivity contribution in [2.24, 2.45) is 0 Å². The number of alkyl halides is 4. The topological polar surface area (TPSA) is 88.3 Å². The molecule has 1 aromatic heterocycles. The summed E-state index contributed by atoms with van der Waals surface area (Å²) in [5.41, 5.74) is 1.39. The van der Waals surface area contributed by atoms with Crippen LogP contribution in [0.25, 0.3) is 11.5 Å². The third-order valence-electron chi connectivity index (χ3n) is 6.04. The summed E-state index contributed by atoms with van der Waals surface area (Å²) in [5, 5.41) is 9.34. The number of halogens is 4. The molecule has 0 spiro atoms. The number of nitrogens with zero attached hydrogens (tertiary/aromatic N) is 3. The molecule has 1 fully saturated rings. The highest BCUT2D eigenvalue weighted by Crippen LogP contribution is 2.34. The van der Waals surface area contributed by atoms with E-state index in [-0.39, 0.29) is 18.3 Å². The molecule has 1 N–H and O–H groups in total. The molecule has 0 saturated heterocycles. The fraction of sp³-hybridized carbons (Fsp3) is 0.524. The summed E-state index contributed by atoms with van der Waals surface area (Å²) in [6.07, 6.45) is -0.846. The van der Waals surface area contributed by atoms with Gasteiger partial charge in [0.1, 0.15) is 0 Å². The lowest BCUT2D eigenvalue weighted by Crippen LogP contribution is -2.56. The van der Waals surface area contributed by atoms with E-state index in [4.69, 9.17) is 4.42 Å². The number of carbonyl (C=O) groups is 2. The fourth-order valence-corrected chi connectivity index (χ4v) is 4.25. The van der Waals surface area contributed by atoms with E-state index in [0.717, 1.165) is 12.8 Å². The van der Waals surface area contributed by atoms with Crippen LogP contribution in [0.4, 0.5) is 17.6 Å². The van der Waals surface area contributed by atoms with Gasteiger partial charge in [0, 0.05) is 30.1 Å². The first kappa shape index (κ1) is 22.2. The molecule has 2 heterocycles. The summed E-state index contributed by atoms with van der Waals surface area (Å²) in [6.45, 7) is 1.51. The molecular formula is C21H22F4N4O3. The van der Waals surface area contributed by atoms with Crippen LogP contribution in [0, 0.1) is 0 Å². The second-order valence-electron chi connectivity index (χ2n) is 8.04. The lowest BCUT2D eigenvalue weighted by Gasteiger charge is -2.38. The van der Waals surface area contributed by atoms with Gasteiger partial charge in [-0.15, -0.1) is 10.2 Å². The first-order valence-corrected chi connectivity index (χ1v) is 10.5. The van der Waals surface area contributed by atoms with Crippen LogP contribution in [0.1, 0.15) is 67.3 Å². The molecule has 1 saturated carbocycles. The Labute approximate surface area is 181 Å². The summed E-state index contributed by atoms with van der Waals surface area (Å²) in [5.74, 6) is -6.04. The molecule has 2 aromatic rings. The minimum absolute atomic E-state index is 0.126. The minimum Gasteiger partial charge on any atom is -0.415 e. The second-order valence-corrected chi connectivity index (χ2v) is 8.04. The van der Waals surface area contributed by atoms with Gasteiger partial charge in [-0.2, -0.15) is 17.6 Å². The molecule has 2 atom stereocenters. The molecule has 1 aliphatic heterocycles. The van der Waals surface area contributed by atoms with E-state index in [9.17, 15) is 27.2 Å². The van der Waals surface area contributed by atoms with Crippen molar-refractivity contribution in [1.29, 1.82) is 0 Å². The quantitative estimate of drug-likeness (QED) is 0.664. The van der Waals surface area contributed by atoms with Crippen molar-refractivity contribution < 1.29 is 31.6 Å². The Morgan fingerprint density at radius 2 is 2.03 bits per heavy atom. The number of hydrogen-bond donors (Lipinski definition) is 1. The molecule has 4 rings (SSSR count). The Bertz CT molecular complexity index is 1030. The molecule has 2 amide bonds. The zero-order chi connectivity index (χ0) is 23.0. The van der Waals surface area contributed by atoms with E-state index < -0.39 is 42.7 Å². The maximum atomic E-state index is 13.8. The molecule has 172 valence electrons. The predicted molar refractivity (Wildman–Crippen MR) is 104 cm³/mol. The summed E-state index contributed by atoms with van der Waals surface area (Å²) in [4.78, 5) is 26.8. The van der Waals surface area contributed by atoms with E-state index in [1.54, 1.807) is 17.0 Å².